The molecule has 4 nitrogen and oxygen atoms in total. The van der Waals surface area contributed by atoms with E-state index < -0.39 is 5.82 Å². The summed E-state index contributed by atoms with van der Waals surface area (Å²) in [4.78, 5) is 16.7. The molecule has 1 amide bonds. The van der Waals surface area contributed by atoms with E-state index in [4.69, 9.17) is 11.6 Å². The van der Waals surface area contributed by atoms with Crippen LogP contribution in [-0.4, -0.2) is 60.1 Å². The van der Waals surface area contributed by atoms with Gasteiger partial charge in [-0.1, -0.05) is 18.0 Å². The summed E-state index contributed by atoms with van der Waals surface area (Å²) in [5, 5.41) is 10.0. The second-order valence-electron chi connectivity index (χ2n) is 6.90. The van der Waals surface area contributed by atoms with Crippen molar-refractivity contribution in [1.29, 1.82) is 0 Å². The van der Waals surface area contributed by atoms with E-state index in [1.807, 2.05) is 0 Å². The molecule has 0 bridgehead atoms. The molecule has 2 fully saturated rings. The maximum atomic E-state index is 14.0. The lowest BCUT2D eigenvalue weighted by Gasteiger charge is -2.30. The van der Waals surface area contributed by atoms with E-state index in [2.05, 4.69) is 4.90 Å². The van der Waals surface area contributed by atoms with E-state index >= 15 is 0 Å². The van der Waals surface area contributed by atoms with E-state index in [1.54, 1.807) is 4.90 Å². The number of aliphatic hydroxyl groups is 1. The molecular formula is C18H24ClFN2O2. The molecule has 2 atom stereocenters. The molecule has 1 N–H and O–H groups in total. The van der Waals surface area contributed by atoms with Crippen molar-refractivity contribution in [1.82, 2.24) is 9.80 Å². The summed E-state index contributed by atoms with van der Waals surface area (Å²) in [6.07, 6.45) is 3.71. The molecule has 6 heteroatoms. The van der Waals surface area contributed by atoms with E-state index in [1.165, 1.54) is 37.5 Å². The Morgan fingerprint density at radius 1 is 1.21 bits per heavy atom. The number of likely N-dealkylation sites (tertiary alicyclic amines) is 2. The van der Waals surface area contributed by atoms with Gasteiger partial charge in [0.05, 0.1) is 5.56 Å². The van der Waals surface area contributed by atoms with Gasteiger partial charge < -0.3 is 14.9 Å². The molecule has 0 spiro atoms. The summed E-state index contributed by atoms with van der Waals surface area (Å²) in [5.41, 5.74) is 0.0119. The van der Waals surface area contributed by atoms with Crippen molar-refractivity contribution < 1.29 is 14.3 Å². The van der Waals surface area contributed by atoms with Crippen LogP contribution in [0.4, 0.5) is 4.39 Å². The Bertz CT molecular complexity index is 592. The van der Waals surface area contributed by atoms with E-state index in [9.17, 15) is 14.3 Å². The SMILES string of the molecule is O=C(c1cc(Cl)ccc1F)N1C[C@@H](CO)[C@@H](CN2CCCCC2)C1. The number of rotatable bonds is 4. The first-order valence-electron chi connectivity index (χ1n) is 8.66. The maximum Gasteiger partial charge on any atom is 0.256 e. The van der Waals surface area contributed by atoms with Crippen molar-refractivity contribution >= 4 is 17.5 Å². The minimum atomic E-state index is -0.551. The standard InChI is InChI=1S/C18H24ClFN2O2/c19-15-4-5-17(20)16(8-15)18(24)22-10-13(14(11-22)12-23)9-21-6-2-1-3-7-21/h4-5,8,13-14,23H,1-3,6-7,9-12H2/t13-,14-/m0/s1. The molecule has 24 heavy (non-hydrogen) atoms. The number of amides is 1. The fourth-order valence-electron chi connectivity index (χ4n) is 3.82. The Morgan fingerprint density at radius 3 is 2.62 bits per heavy atom. The Balaban J connectivity index is 1.68. The molecule has 2 saturated heterocycles. The van der Waals surface area contributed by atoms with Gasteiger partial charge in [0.25, 0.3) is 5.91 Å². The van der Waals surface area contributed by atoms with Gasteiger partial charge in [-0.05, 0) is 50.0 Å². The number of carbonyl (C=O) groups is 1. The van der Waals surface area contributed by atoms with Gasteiger partial charge in [-0.3, -0.25) is 4.79 Å². The number of carbonyl (C=O) groups excluding carboxylic acids is 1. The molecule has 2 aliphatic heterocycles. The minimum Gasteiger partial charge on any atom is -0.396 e. The second-order valence-corrected chi connectivity index (χ2v) is 7.33. The lowest BCUT2D eigenvalue weighted by Crippen LogP contribution is -2.37. The van der Waals surface area contributed by atoms with Crippen molar-refractivity contribution in [2.24, 2.45) is 11.8 Å². The van der Waals surface area contributed by atoms with Crippen LogP contribution in [0, 0.1) is 17.7 Å². The monoisotopic (exact) mass is 354 g/mol. The molecule has 0 unspecified atom stereocenters. The largest absolute Gasteiger partial charge is 0.396 e. The number of halogens is 2. The highest BCUT2D eigenvalue weighted by Crippen LogP contribution is 2.27. The Hall–Kier alpha value is -1.17. The predicted octanol–water partition coefficient (Wildman–Crippen LogP) is 2.65. The van der Waals surface area contributed by atoms with Gasteiger partial charge in [-0.25, -0.2) is 4.39 Å². The highest BCUT2D eigenvalue weighted by atomic mass is 35.5. The average molecular weight is 355 g/mol. The average Bonchev–Trinajstić information content (AvgIpc) is 3.00. The van der Waals surface area contributed by atoms with E-state index in [-0.39, 0.29) is 29.9 Å². The van der Waals surface area contributed by atoms with Crippen LogP contribution in [0.5, 0.6) is 0 Å². The molecule has 0 aliphatic carbocycles. The Kier molecular flexibility index (Phi) is 5.74. The predicted molar refractivity (Wildman–Crippen MR) is 91.7 cm³/mol. The maximum absolute atomic E-state index is 14.0. The van der Waals surface area contributed by atoms with Crippen molar-refractivity contribution in [3.63, 3.8) is 0 Å². The number of aliphatic hydroxyl groups excluding tert-OH is 1. The summed E-state index contributed by atoms with van der Waals surface area (Å²) in [5.74, 6) is -0.601. The molecule has 3 rings (SSSR count). The third kappa shape index (κ3) is 3.90. The minimum absolute atomic E-state index is 0.0119. The van der Waals surface area contributed by atoms with Crippen LogP contribution in [0.1, 0.15) is 29.6 Å². The number of hydrogen-bond acceptors (Lipinski definition) is 3. The fourth-order valence-corrected chi connectivity index (χ4v) is 4.00. The third-order valence-corrected chi connectivity index (χ3v) is 5.43. The van der Waals surface area contributed by atoms with Gasteiger partial charge in [-0.15, -0.1) is 0 Å². The van der Waals surface area contributed by atoms with Crippen molar-refractivity contribution in [3.05, 3.63) is 34.6 Å². The number of piperidine rings is 1. The van der Waals surface area contributed by atoms with Gasteiger partial charge >= 0.3 is 0 Å². The fraction of sp³-hybridized carbons (Fsp3) is 0.611. The molecule has 0 saturated carbocycles. The zero-order valence-electron chi connectivity index (χ0n) is 13.8. The van der Waals surface area contributed by atoms with Gasteiger partial charge in [0.15, 0.2) is 0 Å². The van der Waals surface area contributed by atoms with Crippen molar-refractivity contribution in [2.75, 3.05) is 39.3 Å². The van der Waals surface area contributed by atoms with Gasteiger partial charge in [0, 0.05) is 37.2 Å². The molecule has 2 heterocycles. The summed E-state index contributed by atoms with van der Waals surface area (Å²) in [7, 11) is 0. The first-order chi connectivity index (χ1) is 11.6. The topological polar surface area (TPSA) is 43.8 Å². The van der Waals surface area contributed by atoms with Crippen molar-refractivity contribution in [3.8, 4) is 0 Å². The number of benzene rings is 1. The summed E-state index contributed by atoms with van der Waals surface area (Å²) in [6.45, 7) is 4.16. The van der Waals surface area contributed by atoms with Crippen LogP contribution in [0.2, 0.25) is 5.02 Å². The molecule has 2 aliphatic rings. The third-order valence-electron chi connectivity index (χ3n) is 5.20. The summed E-state index contributed by atoms with van der Waals surface area (Å²) in [6, 6.07) is 4.04. The van der Waals surface area contributed by atoms with Crippen LogP contribution in [-0.2, 0) is 0 Å². The van der Waals surface area contributed by atoms with Crippen LogP contribution < -0.4 is 0 Å². The highest BCUT2D eigenvalue weighted by Gasteiger charge is 2.36. The van der Waals surface area contributed by atoms with E-state index in [0.717, 1.165) is 19.6 Å². The lowest BCUT2D eigenvalue weighted by molar-refractivity contribution is 0.0774. The molecule has 0 aromatic heterocycles. The van der Waals surface area contributed by atoms with Crippen LogP contribution in [0.15, 0.2) is 18.2 Å². The summed E-state index contributed by atoms with van der Waals surface area (Å²) >= 11 is 5.90. The van der Waals surface area contributed by atoms with Crippen LogP contribution in [0.3, 0.4) is 0 Å². The lowest BCUT2D eigenvalue weighted by atomic mass is 9.95. The smallest absolute Gasteiger partial charge is 0.256 e. The first-order valence-corrected chi connectivity index (χ1v) is 9.04. The number of hydrogen-bond donors (Lipinski definition) is 1. The second kappa shape index (κ2) is 7.81. The van der Waals surface area contributed by atoms with Crippen molar-refractivity contribution in [2.45, 2.75) is 19.3 Å². The van der Waals surface area contributed by atoms with Gasteiger partial charge in [-0.2, -0.15) is 0 Å². The molecule has 1 aromatic carbocycles. The molecule has 0 radical (unpaired) electrons. The quantitative estimate of drug-likeness (QED) is 0.904. The highest BCUT2D eigenvalue weighted by molar-refractivity contribution is 6.31. The first kappa shape index (κ1) is 17.6. The zero-order chi connectivity index (χ0) is 17.1. The Morgan fingerprint density at radius 2 is 1.92 bits per heavy atom. The normalized spacial score (nSPS) is 25.2. The molecule has 132 valence electrons. The van der Waals surface area contributed by atoms with E-state index in [0.29, 0.717) is 18.1 Å². The van der Waals surface area contributed by atoms with Gasteiger partial charge in [0.1, 0.15) is 5.82 Å². The van der Waals surface area contributed by atoms with Crippen LogP contribution >= 0.6 is 11.6 Å². The zero-order valence-corrected chi connectivity index (χ0v) is 14.5. The summed E-state index contributed by atoms with van der Waals surface area (Å²) < 4.78 is 14.0. The molecular weight excluding hydrogens is 331 g/mol. The molecule has 1 aromatic rings. The number of nitrogens with zero attached hydrogens (tertiary/aromatic N) is 2. The Labute approximate surface area is 147 Å². The van der Waals surface area contributed by atoms with Gasteiger partial charge in [0.2, 0.25) is 0 Å². The van der Waals surface area contributed by atoms with Crippen LogP contribution in [0.25, 0.3) is 0 Å².